The smallest absolute Gasteiger partial charge is 0.427 e. The van der Waals surface area contributed by atoms with Crippen molar-refractivity contribution in [1.82, 2.24) is 5.32 Å². The van der Waals surface area contributed by atoms with Crippen molar-refractivity contribution in [2.24, 2.45) is 5.92 Å². The van der Waals surface area contributed by atoms with Crippen LogP contribution in [0.3, 0.4) is 0 Å². The first-order valence-corrected chi connectivity index (χ1v) is 14.7. The van der Waals surface area contributed by atoms with Crippen LogP contribution in [0.4, 0.5) is 10.5 Å². The Hall–Kier alpha value is -3.50. The van der Waals surface area contributed by atoms with E-state index in [2.05, 4.69) is 44.3 Å². The molecule has 2 heterocycles. The Bertz CT molecular complexity index is 1200. The van der Waals surface area contributed by atoms with Crippen molar-refractivity contribution in [1.29, 1.82) is 0 Å². The summed E-state index contributed by atoms with van der Waals surface area (Å²) in [5.74, 6) is 0.488. The summed E-state index contributed by atoms with van der Waals surface area (Å²) in [5, 5.41) is 13.7. The van der Waals surface area contributed by atoms with Gasteiger partial charge in [-0.15, -0.1) is 0 Å². The van der Waals surface area contributed by atoms with Gasteiger partial charge in [-0.2, -0.15) is 0 Å². The summed E-state index contributed by atoms with van der Waals surface area (Å²) in [7, 11) is 0. The molecule has 3 fully saturated rings. The van der Waals surface area contributed by atoms with Crippen LogP contribution in [0.5, 0.6) is 5.75 Å². The molecule has 0 unspecified atom stereocenters. The van der Waals surface area contributed by atoms with Gasteiger partial charge >= 0.3 is 6.16 Å². The van der Waals surface area contributed by atoms with E-state index in [1.165, 1.54) is 42.0 Å². The summed E-state index contributed by atoms with van der Waals surface area (Å²) in [6.07, 6.45) is 14.8. The van der Waals surface area contributed by atoms with Crippen LogP contribution in [0.2, 0.25) is 0 Å². The van der Waals surface area contributed by atoms with Gasteiger partial charge in [0.25, 0.3) is 5.69 Å². The van der Waals surface area contributed by atoms with E-state index in [0.717, 1.165) is 51.6 Å². The van der Waals surface area contributed by atoms with E-state index >= 15 is 0 Å². The highest BCUT2D eigenvalue weighted by Crippen LogP contribution is 2.46. The molecule has 228 valence electrons. The largest absolute Gasteiger partial charge is 0.514 e. The lowest BCUT2D eigenvalue weighted by Gasteiger charge is -2.38. The van der Waals surface area contributed by atoms with Crippen molar-refractivity contribution in [3.8, 4) is 5.75 Å². The molecule has 42 heavy (non-hydrogen) atoms. The maximum absolute atomic E-state index is 12.4. The highest BCUT2D eigenvalue weighted by atomic mass is 16.7. The summed E-state index contributed by atoms with van der Waals surface area (Å²) in [6.45, 7) is 8.85. The van der Waals surface area contributed by atoms with Crippen molar-refractivity contribution < 1.29 is 33.5 Å². The van der Waals surface area contributed by atoms with E-state index in [4.69, 9.17) is 18.9 Å². The Morgan fingerprint density at radius 2 is 1.86 bits per heavy atom. The van der Waals surface area contributed by atoms with Gasteiger partial charge in [0.05, 0.1) is 28.8 Å². The van der Waals surface area contributed by atoms with E-state index in [1.54, 1.807) is 6.92 Å². The van der Waals surface area contributed by atoms with Gasteiger partial charge in [0.2, 0.25) is 5.91 Å². The van der Waals surface area contributed by atoms with Crippen molar-refractivity contribution >= 4 is 17.7 Å². The molecule has 1 amide bonds. The molecule has 10 nitrogen and oxygen atoms in total. The Kier molecular flexibility index (Phi) is 10.2. The first-order valence-electron chi connectivity index (χ1n) is 14.7. The van der Waals surface area contributed by atoms with E-state index in [-0.39, 0.29) is 40.7 Å². The molecule has 2 aliphatic heterocycles. The highest BCUT2D eigenvalue weighted by Gasteiger charge is 2.53. The number of hydrogen-bond acceptors (Lipinski definition) is 8. The molecule has 1 aromatic rings. The number of carbonyl (C=O) groups excluding carboxylic acids is 2. The molecule has 1 N–H and O–H groups in total. The summed E-state index contributed by atoms with van der Waals surface area (Å²) >= 11 is 0. The molecule has 3 aliphatic rings. The van der Waals surface area contributed by atoms with E-state index < -0.39 is 17.2 Å². The predicted molar refractivity (Wildman–Crippen MR) is 157 cm³/mol. The summed E-state index contributed by atoms with van der Waals surface area (Å²) in [6, 6.07) is 5.20. The summed E-state index contributed by atoms with van der Waals surface area (Å²) < 4.78 is 22.1. The second kappa shape index (κ2) is 13.6. The van der Waals surface area contributed by atoms with Gasteiger partial charge in [0, 0.05) is 37.1 Å². The Morgan fingerprint density at radius 3 is 2.50 bits per heavy atom. The summed E-state index contributed by atoms with van der Waals surface area (Å²) in [5.41, 5.74) is 0.987. The normalized spacial score (nSPS) is 28.0. The van der Waals surface area contributed by atoms with E-state index in [1.807, 2.05) is 0 Å². The number of hydrogen-bond donors (Lipinski definition) is 1. The first kappa shape index (κ1) is 31.4. The monoisotopic (exact) mass is 582 g/mol. The molecule has 1 spiro atoms. The maximum Gasteiger partial charge on any atom is 0.514 e. The minimum Gasteiger partial charge on any atom is -0.427 e. The molecule has 0 radical (unpaired) electrons. The number of nitrogens with one attached hydrogen (secondary N) is 1. The number of carbonyl (C=O) groups is 2. The summed E-state index contributed by atoms with van der Waals surface area (Å²) in [4.78, 5) is 34.5. The molecular weight excluding hydrogens is 540 g/mol. The molecule has 4 rings (SSSR count). The Labute approximate surface area is 247 Å². The molecule has 3 atom stereocenters. The van der Waals surface area contributed by atoms with Crippen LogP contribution in [0.25, 0.3) is 0 Å². The number of rotatable bonds is 10. The van der Waals surface area contributed by atoms with Crippen LogP contribution in [-0.4, -0.2) is 53.0 Å². The lowest BCUT2D eigenvalue weighted by Crippen LogP contribution is -2.43. The van der Waals surface area contributed by atoms with Gasteiger partial charge in [-0.1, -0.05) is 23.8 Å². The first-order chi connectivity index (χ1) is 19.9. The van der Waals surface area contributed by atoms with Crippen LogP contribution >= 0.6 is 0 Å². The average molecular weight is 583 g/mol. The molecule has 0 aromatic heterocycles. The van der Waals surface area contributed by atoms with Crippen LogP contribution in [0.15, 0.2) is 60.2 Å². The second-order valence-electron chi connectivity index (χ2n) is 12.3. The second-order valence-corrected chi connectivity index (χ2v) is 12.3. The van der Waals surface area contributed by atoms with Crippen LogP contribution in [0.1, 0.15) is 72.6 Å². The van der Waals surface area contributed by atoms with Crippen molar-refractivity contribution in [2.75, 3.05) is 6.61 Å². The van der Waals surface area contributed by atoms with Crippen LogP contribution in [-0.2, 0) is 19.0 Å². The minimum absolute atomic E-state index is 0.0248. The Balaban J connectivity index is 1.12. The molecule has 1 aliphatic carbocycles. The SMILES string of the molecule is CC(C=C[C@@H]1C[C@]2(CO2)CC(C)(C)O1)=CCC1CCC(NC(=O)C=C[C@H](C)OC(=O)Oc2ccc([N+](=O)[O-])cc2)CC1. The highest BCUT2D eigenvalue weighted by molar-refractivity contribution is 5.87. The number of non-ortho nitro benzene ring substituents is 1. The number of allylic oxidation sites excluding steroid dienone is 3. The topological polar surface area (TPSA) is 130 Å². The maximum atomic E-state index is 12.4. The fourth-order valence-corrected chi connectivity index (χ4v) is 5.78. The predicted octanol–water partition coefficient (Wildman–Crippen LogP) is 6.35. The van der Waals surface area contributed by atoms with Gasteiger partial charge in [0.15, 0.2) is 0 Å². The third kappa shape index (κ3) is 9.80. The third-order valence-corrected chi connectivity index (χ3v) is 7.93. The number of amides is 1. The van der Waals surface area contributed by atoms with Crippen molar-refractivity contribution in [3.05, 3.63) is 70.3 Å². The fraction of sp³-hybridized carbons (Fsp3) is 0.562. The van der Waals surface area contributed by atoms with Gasteiger partial charge in [-0.3, -0.25) is 14.9 Å². The number of benzene rings is 1. The third-order valence-electron chi connectivity index (χ3n) is 7.93. The number of nitro groups is 1. The van der Waals surface area contributed by atoms with Crippen LogP contribution in [0, 0.1) is 16.0 Å². The molecule has 2 saturated heterocycles. The molecule has 1 saturated carbocycles. The molecule has 1 aromatic carbocycles. The van der Waals surface area contributed by atoms with Crippen molar-refractivity contribution in [2.45, 2.75) is 102 Å². The van der Waals surface area contributed by atoms with E-state index in [9.17, 15) is 19.7 Å². The zero-order valence-corrected chi connectivity index (χ0v) is 24.9. The lowest BCUT2D eigenvalue weighted by molar-refractivity contribution is -0.384. The van der Waals surface area contributed by atoms with Gasteiger partial charge in [-0.05, 0) is 83.9 Å². The quantitative estimate of drug-likeness (QED) is 0.0643. The molecular formula is C32H42N2O8. The number of nitrogens with zero attached hydrogens (tertiary/aromatic N) is 1. The van der Waals surface area contributed by atoms with Gasteiger partial charge in [-0.25, -0.2) is 4.79 Å². The zero-order valence-electron chi connectivity index (χ0n) is 24.9. The van der Waals surface area contributed by atoms with E-state index in [0.29, 0.717) is 5.92 Å². The van der Waals surface area contributed by atoms with Crippen molar-refractivity contribution in [3.63, 3.8) is 0 Å². The zero-order chi connectivity index (χ0) is 30.3. The van der Waals surface area contributed by atoms with Gasteiger partial charge < -0.3 is 24.3 Å². The number of epoxide rings is 1. The van der Waals surface area contributed by atoms with Crippen LogP contribution < -0.4 is 10.1 Å². The molecule has 0 bridgehead atoms. The standard InChI is InChI=1S/C32H42N2O8/c1-22(6-15-28-19-32(21-39-32)20-31(3,4)42-28)5-8-24-9-11-25(12-10-24)33-29(35)18-7-23(2)40-30(36)41-27-16-13-26(14-17-27)34(37)38/h5-7,13-18,23-25,28H,8-12,19-21H2,1-4H3,(H,33,35)/t23-,24?,25?,28+,32+/m0/s1. The number of nitro benzene ring substituents is 1. The minimum atomic E-state index is -0.966. The van der Waals surface area contributed by atoms with Gasteiger partial charge in [0.1, 0.15) is 11.9 Å². The number of ether oxygens (including phenoxy) is 4. The fourth-order valence-electron chi connectivity index (χ4n) is 5.78. The average Bonchev–Trinajstić information content (AvgIpc) is 3.66. The lowest BCUT2D eigenvalue weighted by atomic mass is 9.83. The molecule has 10 heteroatoms. The Morgan fingerprint density at radius 1 is 1.17 bits per heavy atom.